The maximum Gasteiger partial charge on any atom is 0.325 e. The predicted molar refractivity (Wildman–Crippen MR) is 120 cm³/mol. The number of hydrogen-bond acceptors (Lipinski definition) is 9. The van der Waals surface area contributed by atoms with Crippen LogP contribution in [0.5, 0.6) is 5.75 Å². The van der Waals surface area contributed by atoms with Crippen molar-refractivity contribution in [3.63, 3.8) is 0 Å². The summed E-state index contributed by atoms with van der Waals surface area (Å²) in [5.41, 5.74) is 2.50. The number of ether oxygens (including phenoxy) is 2. The molecule has 2 aromatic heterocycles. The number of rotatable bonds is 9. The first kappa shape index (κ1) is 22.7. The predicted octanol–water partition coefficient (Wildman–Crippen LogP) is 3.36. The van der Waals surface area contributed by atoms with Gasteiger partial charge in [0, 0.05) is 0 Å². The molecule has 0 radical (unpaired) electrons. The second kappa shape index (κ2) is 10.9. The highest BCUT2D eigenvalue weighted by molar-refractivity contribution is 7.99. The second-order valence-electron chi connectivity index (χ2n) is 6.26. The molecule has 0 atom stereocenters. The first-order chi connectivity index (χ1) is 15.0. The summed E-state index contributed by atoms with van der Waals surface area (Å²) in [5.74, 6) is 0.160. The average molecular weight is 459 g/mol. The fourth-order valence-electron chi connectivity index (χ4n) is 2.66. The maximum absolute atomic E-state index is 11.8. The van der Waals surface area contributed by atoms with E-state index in [1.165, 1.54) is 23.1 Å². The van der Waals surface area contributed by atoms with E-state index < -0.39 is 5.97 Å². The number of hydrogen-bond donors (Lipinski definition) is 1. The van der Waals surface area contributed by atoms with Crippen LogP contribution >= 0.6 is 23.1 Å². The Hall–Kier alpha value is -2.98. The van der Waals surface area contributed by atoms with E-state index in [-0.39, 0.29) is 24.8 Å². The van der Waals surface area contributed by atoms with Crippen LogP contribution in [0.3, 0.4) is 0 Å². The Morgan fingerprint density at radius 1 is 1.16 bits per heavy atom. The number of thiazole rings is 1. The van der Waals surface area contributed by atoms with Gasteiger partial charge in [-0.15, -0.1) is 21.5 Å². The smallest absolute Gasteiger partial charge is 0.325 e. The minimum Gasteiger partial charge on any atom is -0.496 e. The lowest BCUT2D eigenvalue weighted by Crippen LogP contribution is -2.31. The molecular formula is C21H22N4O4S2. The van der Waals surface area contributed by atoms with Crippen LogP contribution in [0.4, 0.5) is 0 Å². The van der Waals surface area contributed by atoms with Gasteiger partial charge in [0.05, 0.1) is 35.6 Å². The number of carbonyl (C=O) groups excluding carboxylic acids is 2. The third kappa shape index (κ3) is 6.02. The van der Waals surface area contributed by atoms with Crippen LogP contribution in [0.15, 0.2) is 41.4 Å². The van der Waals surface area contributed by atoms with Gasteiger partial charge in [-0.2, -0.15) is 0 Å². The van der Waals surface area contributed by atoms with Crippen LogP contribution in [0.1, 0.15) is 12.6 Å². The molecule has 1 N–H and O–H groups in total. The van der Waals surface area contributed by atoms with Gasteiger partial charge in [-0.25, -0.2) is 4.98 Å². The van der Waals surface area contributed by atoms with Gasteiger partial charge in [0.15, 0.2) is 0 Å². The summed E-state index contributed by atoms with van der Waals surface area (Å²) in [7, 11) is 1.64. The molecule has 1 amide bonds. The van der Waals surface area contributed by atoms with Gasteiger partial charge in [0.25, 0.3) is 0 Å². The molecule has 0 aliphatic carbocycles. The highest BCUT2D eigenvalue weighted by Crippen LogP contribution is 2.38. The Morgan fingerprint density at radius 3 is 2.68 bits per heavy atom. The van der Waals surface area contributed by atoms with Gasteiger partial charge >= 0.3 is 5.97 Å². The third-order valence-electron chi connectivity index (χ3n) is 4.09. The molecule has 1 aromatic carbocycles. The summed E-state index contributed by atoms with van der Waals surface area (Å²) >= 11 is 2.77. The molecule has 162 valence electrons. The van der Waals surface area contributed by atoms with E-state index in [0.29, 0.717) is 10.7 Å². The van der Waals surface area contributed by atoms with Crippen LogP contribution in [0.2, 0.25) is 0 Å². The molecule has 2 heterocycles. The molecule has 0 fully saturated rings. The summed E-state index contributed by atoms with van der Waals surface area (Å²) < 4.78 is 10.2. The summed E-state index contributed by atoms with van der Waals surface area (Å²) in [6.45, 7) is 3.79. The fourth-order valence-corrected chi connectivity index (χ4v) is 4.37. The summed E-state index contributed by atoms with van der Waals surface area (Å²) in [6.07, 6.45) is 0. The third-order valence-corrected chi connectivity index (χ3v) is 6.23. The van der Waals surface area contributed by atoms with Gasteiger partial charge < -0.3 is 14.8 Å². The summed E-state index contributed by atoms with van der Waals surface area (Å²) in [4.78, 5) is 28.7. The fraction of sp³-hybridized carbons (Fsp3) is 0.286. The van der Waals surface area contributed by atoms with Crippen molar-refractivity contribution in [2.45, 2.75) is 18.9 Å². The van der Waals surface area contributed by atoms with Crippen molar-refractivity contribution in [2.24, 2.45) is 0 Å². The molecule has 0 aliphatic heterocycles. The quantitative estimate of drug-likeness (QED) is 0.385. The number of aromatic nitrogens is 3. The zero-order valence-corrected chi connectivity index (χ0v) is 19.0. The number of benzene rings is 1. The standard InChI is InChI=1S/C21H22N4O4S2/c1-4-29-19(27)11-22-17(26)12-30-18-10-9-15(24-25-18)20-13(2)23-21(31-20)14-7-5-6-8-16(14)28-3/h5-10H,4,11-12H2,1-3H3,(H,22,26). The first-order valence-corrected chi connectivity index (χ1v) is 11.3. The SMILES string of the molecule is CCOC(=O)CNC(=O)CSc1ccc(-c2sc(-c3ccccc3OC)nc2C)nn1. The van der Waals surface area contributed by atoms with Crippen molar-refractivity contribution in [1.82, 2.24) is 20.5 Å². The molecule has 10 heteroatoms. The zero-order valence-electron chi connectivity index (χ0n) is 17.4. The molecule has 0 bridgehead atoms. The first-order valence-electron chi connectivity index (χ1n) is 9.51. The Balaban J connectivity index is 1.63. The highest BCUT2D eigenvalue weighted by Gasteiger charge is 2.16. The van der Waals surface area contributed by atoms with Crippen molar-refractivity contribution < 1.29 is 19.1 Å². The number of nitrogens with one attached hydrogen (secondary N) is 1. The van der Waals surface area contributed by atoms with E-state index in [9.17, 15) is 9.59 Å². The van der Waals surface area contributed by atoms with E-state index >= 15 is 0 Å². The van der Waals surface area contributed by atoms with Crippen LogP contribution in [0, 0.1) is 6.92 Å². The van der Waals surface area contributed by atoms with E-state index in [2.05, 4.69) is 20.5 Å². The molecule has 3 rings (SSSR count). The average Bonchev–Trinajstić information content (AvgIpc) is 3.18. The van der Waals surface area contributed by atoms with Gasteiger partial charge in [-0.1, -0.05) is 23.9 Å². The molecule has 0 saturated heterocycles. The van der Waals surface area contributed by atoms with E-state index in [1.807, 2.05) is 43.3 Å². The Bertz CT molecular complexity index is 1050. The topological polar surface area (TPSA) is 103 Å². The molecule has 0 saturated carbocycles. The lowest BCUT2D eigenvalue weighted by atomic mass is 10.2. The molecule has 0 unspecified atom stereocenters. The second-order valence-corrected chi connectivity index (χ2v) is 8.26. The van der Waals surface area contributed by atoms with E-state index in [0.717, 1.165) is 26.9 Å². The number of para-hydroxylation sites is 1. The number of esters is 1. The molecule has 0 spiro atoms. The van der Waals surface area contributed by atoms with Crippen LogP contribution < -0.4 is 10.1 Å². The summed E-state index contributed by atoms with van der Waals surface area (Å²) in [5, 5.41) is 12.5. The normalized spacial score (nSPS) is 10.5. The lowest BCUT2D eigenvalue weighted by Gasteiger charge is -2.05. The van der Waals surface area contributed by atoms with Gasteiger partial charge in [-0.05, 0) is 38.1 Å². The van der Waals surface area contributed by atoms with Crippen molar-refractivity contribution in [1.29, 1.82) is 0 Å². The highest BCUT2D eigenvalue weighted by atomic mass is 32.2. The van der Waals surface area contributed by atoms with Crippen molar-refractivity contribution in [3.05, 3.63) is 42.1 Å². The van der Waals surface area contributed by atoms with E-state index in [1.54, 1.807) is 14.0 Å². The van der Waals surface area contributed by atoms with Crippen molar-refractivity contribution >= 4 is 35.0 Å². The minimum absolute atomic E-state index is 0.130. The Labute approximate surface area is 188 Å². The number of nitrogens with zero attached hydrogens (tertiary/aromatic N) is 3. The molecule has 0 aliphatic rings. The number of methoxy groups -OCH3 is 1. The van der Waals surface area contributed by atoms with Crippen molar-refractivity contribution in [3.8, 4) is 26.9 Å². The van der Waals surface area contributed by atoms with Gasteiger partial charge in [0.1, 0.15) is 28.0 Å². The Kier molecular flexibility index (Phi) is 7.96. The molecule has 8 nitrogen and oxygen atoms in total. The molecule has 3 aromatic rings. The number of amides is 1. The van der Waals surface area contributed by atoms with Gasteiger partial charge in [0.2, 0.25) is 5.91 Å². The largest absolute Gasteiger partial charge is 0.496 e. The van der Waals surface area contributed by atoms with Crippen molar-refractivity contribution in [2.75, 3.05) is 26.0 Å². The monoisotopic (exact) mass is 458 g/mol. The van der Waals surface area contributed by atoms with Crippen LogP contribution in [-0.2, 0) is 14.3 Å². The zero-order chi connectivity index (χ0) is 22.2. The van der Waals surface area contributed by atoms with Gasteiger partial charge in [-0.3, -0.25) is 9.59 Å². The summed E-state index contributed by atoms with van der Waals surface area (Å²) in [6, 6.07) is 11.4. The number of thioether (sulfide) groups is 1. The van der Waals surface area contributed by atoms with E-state index in [4.69, 9.17) is 9.47 Å². The molecular weight excluding hydrogens is 436 g/mol. The van der Waals surface area contributed by atoms with Crippen LogP contribution in [-0.4, -0.2) is 53.1 Å². The van der Waals surface area contributed by atoms with Crippen LogP contribution in [0.25, 0.3) is 21.1 Å². The maximum atomic E-state index is 11.8. The minimum atomic E-state index is -0.461. The lowest BCUT2D eigenvalue weighted by molar-refractivity contribution is -0.143. The number of carbonyl (C=O) groups is 2. The molecule has 31 heavy (non-hydrogen) atoms. The number of aryl methyl sites for hydroxylation is 1. The Morgan fingerprint density at radius 2 is 1.97 bits per heavy atom.